The van der Waals surface area contributed by atoms with Crippen molar-refractivity contribution >= 4 is 37.0 Å². The average molecular weight is 371 g/mol. The second-order valence-electron chi connectivity index (χ2n) is 6.93. The monoisotopic (exact) mass is 370 g/mol. The number of carbonyl (C=O) groups is 1. The first kappa shape index (κ1) is 18.2. The lowest BCUT2D eigenvalue weighted by molar-refractivity contribution is 0.0691. The lowest BCUT2D eigenvalue weighted by Gasteiger charge is -2.38. The van der Waals surface area contributed by atoms with Crippen molar-refractivity contribution in [2.45, 2.75) is 51.9 Å². The molecule has 0 aliphatic heterocycles. The molecule has 2 heterocycles. The highest BCUT2D eigenvalue weighted by atomic mass is 32.1. The van der Waals surface area contributed by atoms with E-state index in [0.717, 1.165) is 5.01 Å². The SMILES string of the molecule is CC(O[Si](C)(C)C(C)(C)C)c1nc(-c2nc(C(=O)O)cs2)cs1. The summed E-state index contributed by atoms with van der Waals surface area (Å²) in [6.07, 6.45) is -0.0754. The summed E-state index contributed by atoms with van der Waals surface area (Å²) in [5.74, 6) is -1.02. The fourth-order valence-electron chi connectivity index (χ4n) is 1.73. The Labute approximate surface area is 145 Å². The number of hydrogen-bond donors (Lipinski definition) is 1. The first-order valence-electron chi connectivity index (χ1n) is 7.34. The van der Waals surface area contributed by atoms with Crippen LogP contribution in [0, 0.1) is 0 Å². The van der Waals surface area contributed by atoms with Gasteiger partial charge in [-0.25, -0.2) is 14.8 Å². The smallest absolute Gasteiger partial charge is 0.355 e. The van der Waals surface area contributed by atoms with Gasteiger partial charge < -0.3 is 9.53 Å². The molecule has 5 nitrogen and oxygen atoms in total. The van der Waals surface area contributed by atoms with Crippen molar-refractivity contribution in [2.75, 3.05) is 0 Å². The van der Waals surface area contributed by atoms with E-state index in [0.29, 0.717) is 10.7 Å². The van der Waals surface area contributed by atoms with Gasteiger partial charge in [0.25, 0.3) is 0 Å². The van der Waals surface area contributed by atoms with E-state index in [1.807, 2.05) is 12.3 Å². The molecule has 0 bridgehead atoms. The lowest BCUT2D eigenvalue weighted by Crippen LogP contribution is -2.41. The molecule has 0 amide bonds. The Morgan fingerprint density at radius 3 is 2.43 bits per heavy atom. The van der Waals surface area contributed by atoms with Crippen molar-refractivity contribution in [3.63, 3.8) is 0 Å². The number of aromatic nitrogens is 2. The largest absolute Gasteiger partial charge is 0.476 e. The van der Waals surface area contributed by atoms with Crippen molar-refractivity contribution in [1.82, 2.24) is 9.97 Å². The fourth-order valence-corrected chi connectivity index (χ4v) is 4.78. The first-order chi connectivity index (χ1) is 10.5. The minimum atomic E-state index is -1.86. The van der Waals surface area contributed by atoms with Crippen LogP contribution in [-0.2, 0) is 4.43 Å². The summed E-state index contributed by atoms with van der Waals surface area (Å²) < 4.78 is 6.36. The average Bonchev–Trinajstić information content (AvgIpc) is 3.06. The molecule has 1 atom stereocenters. The number of aromatic carboxylic acids is 1. The Balaban J connectivity index is 2.16. The molecule has 0 aromatic carbocycles. The van der Waals surface area contributed by atoms with Crippen LogP contribution in [0.3, 0.4) is 0 Å². The van der Waals surface area contributed by atoms with Crippen LogP contribution >= 0.6 is 22.7 Å². The second-order valence-corrected chi connectivity index (χ2v) is 13.4. The molecule has 1 N–H and O–H groups in total. The van der Waals surface area contributed by atoms with Crippen LogP contribution in [0.4, 0.5) is 0 Å². The molecule has 8 heteroatoms. The van der Waals surface area contributed by atoms with Gasteiger partial charge in [-0.15, -0.1) is 22.7 Å². The molecule has 1 unspecified atom stereocenters. The molecule has 2 aromatic rings. The van der Waals surface area contributed by atoms with Gasteiger partial charge in [-0.1, -0.05) is 20.8 Å². The van der Waals surface area contributed by atoms with Gasteiger partial charge in [-0.2, -0.15) is 0 Å². The van der Waals surface area contributed by atoms with Crippen LogP contribution in [-0.4, -0.2) is 29.4 Å². The minimum Gasteiger partial charge on any atom is -0.476 e. The Morgan fingerprint density at radius 1 is 1.26 bits per heavy atom. The van der Waals surface area contributed by atoms with E-state index in [4.69, 9.17) is 9.53 Å². The molecule has 126 valence electrons. The van der Waals surface area contributed by atoms with Crippen molar-refractivity contribution < 1.29 is 14.3 Å². The van der Waals surface area contributed by atoms with E-state index in [2.05, 4.69) is 43.8 Å². The van der Waals surface area contributed by atoms with Crippen molar-refractivity contribution in [3.8, 4) is 10.7 Å². The van der Waals surface area contributed by atoms with Crippen LogP contribution in [0.25, 0.3) is 10.7 Å². The van der Waals surface area contributed by atoms with E-state index < -0.39 is 14.3 Å². The zero-order chi connectivity index (χ0) is 17.4. The molecule has 0 aliphatic carbocycles. The normalized spacial score (nSPS) is 14.0. The maximum Gasteiger partial charge on any atom is 0.355 e. The molecule has 23 heavy (non-hydrogen) atoms. The summed E-state index contributed by atoms with van der Waals surface area (Å²) in [5.41, 5.74) is 0.776. The van der Waals surface area contributed by atoms with E-state index in [-0.39, 0.29) is 16.8 Å². The van der Waals surface area contributed by atoms with Crippen molar-refractivity contribution in [1.29, 1.82) is 0 Å². The quantitative estimate of drug-likeness (QED) is 0.746. The third kappa shape index (κ3) is 4.06. The number of nitrogens with zero attached hydrogens (tertiary/aromatic N) is 2. The van der Waals surface area contributed by atoms with Gasteiger partial charge in [0.2, 0.25) is 0 Å². The zero-order valence-corrected chi connectivity index (χ0v) is 16.8. The highest BCUT2D eigenvalue weighted by molar-refractivity contribution is 7.14. The molecule has 0 saturated carbocycles. The molecule has 0 fully saturated rings. The van der Waals surface area contributed by atoms with Crippen LogP contribution in [0.5, 0.6) is 0 Å². The first-order valence-corrected chi connectivity index (χ1v) is 12.0. The van der Waals surface area contributed by atoms with E-state index in [9.17, 15) is 4.79 Å². The van der Waals surface area contributed by atoms with Gasteiger partial charge >= 0.3 is 5.97 Å². The predicted molar refractivity (Wildman–Crippen MR) is 96.9 cm³/mol. The highest BCUT2D eigenvalue weighted by Crippen LogP contribution is 2.40. The zero-order valence-electron chi connectivity index (χ0n) is 14.2. The summed E-state index contributed by atoms with van der Waals surface area (Å²) in [6, 6.07) is 0. The summed E-state index contributed by atoms with van der Waals surface area (Å²) in [4.78, 5) is 19.6. The maximum absolute atomic E-state index is 10.9. The highest BCUT2D eigenvalue weighted by Gasteiger charge is 2.39. The summed E-state index contributed by atoms with van der Waals surface area (Å²) in [6.45, 7) is 13.1. The summed E-state index contributed by atoms with van der Waals surface area (Å²) in [7, 11) is -1.86. The summed E-state index contributed by atoms with van der Waals surface area (Å²) in [5, 5.41) is 14.1. The van der Waals surface area contributed by atoms with Crippen LogP contribution < -0.4 is 0 Å². The Kier molecular flexibility index (Phi) is 5.10. The molecule has 2 aromatic heterocycles. The lowest BCUT2D eigenvalue weighted by atomic mass is 10.2. The molecule has 0 aliphatic rings. The third-order valence-corrected chi connectivity index (χ3v) is 10.5. The number of hydrogen-bond acceptors (Lipinski definition) is 6. The maximum atomic E-state index is 10.9. The molecule has 0 spiro atoms. The van der Waals surface area contributed by atoms with Crippen molar-refractivity contribution in [2.24, 2.45) is 0 Å². The fraction of sp³-hybridized carbons (Fsp3) is 0.533. The second kappa shape index (κ2) is 6.43. The molecular weight excluding hydrogens is 348 g/mol. The molecule has 0 radical (unpaired) electrons. The van der Waals surface area contributed by atoms with Crippen molar-refractivity contribution in [3.05, 3.63) is 21.5 Å². The van der Waals surface area contributed by atoms with E-state index >= 15 is 0 Å². The Bertz CT molecular complexity index is 704. The van der Waals surface area contributed by atoms with Gasteiger partial charge in [0.1, 0.15) is 15.7 Å². The standard InChI is InChI=1S/C15H22N2O3S2Si/c1-9(20-23(5,6)15(2,3)4)12-16-10(7-21-12)13-17-11(8-22-13)14(18)19/h7-9H,1-6H3,(H,18,19). The van der Waals surface area contributed by atoms with E-state index in [1.165, 1.54) is 28.1 Å². The van der Waals surface area contributed by atoms with Gasteiger partial charge in [-0.05, 0) is 25.1 Å². The van der Waals surface area contributed by atoms with Crippen LogP contribution in [0.1, 0.15) is 49.3 Å². The third-order valence-electron chi connectivity index (χ3n) is 4.09. The number of carboxylic acids is 1. The molecule has 0 saturated heterocycles. The minimum absolute atomic E-state index is 0.0603. The van der Waals surface area contributed by atoms with Gasteiger partial charge in [-0.3, -0.25) is 0 Å². The van der Waals surface area contributed by atoms with Gasteiger partial charge in [0.15, 0.2) is 14.0 Å². The molecule has 2 rings (SSSR count). The van der Waals surface area contributed by atoms with Gasteiger partial charge in [0.05, 0.1) is 6.10 Å². The predicted octanol–water partition coefficient (Wildman–Crippen LogP) is 5.05. The molecular formula is C15H22N2O3S2Si. The van der Waals surface area contributed by atoms with Crippen LogP contribution in [0.2, 0.25) is 18.1 Å². The Hall–Kier alpha value is -1.09. The Morgan fingerprint density at radius 2 is 1.91 bits per heavy atom. The number of rotatable bonds is 5. The van der Waals surface area contributed by atoms with Gasteiger partial charge in [0, 0.05) is 10.8 Å². The van der Waals surface area contributed by atoms with Crippen LogP contribution in [0.15, 0.2) is 10.8 Å². The summed E-state index contributed by atoms with van der Waals surface area (Å²) >= 11 is 2.82. The topological polar surface area (TPSA) is 72.3 Å². The number of thiazole rings is 2. The number of carboxylic acid groups (broad SMARTS) is 1. The van der Waals surface area contributed by atoms with E-state index in [1.54, 1.807) is 0 Å².